The van der Waals surface area contributed by atoms with E-state index in [0.29, 0.717) is 12.0 Å². The molecule has 0 aliphatic carbocycles. The summed E-state index contributed by atoms with van der Waals surface area (Å²) in [6, 6.07) is 1.28. The zero-order chi connectivity index (χ0) is 15.0. The van der Waals surface area contributed by atoms with Gasteiger partial charge in [0.1, 0.15) is 11.6 Å². The van der Waals surface area contributed by atoms with E-state index in [9.17, 15) is 13.6 Å². The molecule has 6 heteroatoms. The molecule has 2 amide bonds. The number of carbonyl (C=O) groups excluding carboxylic acids is 1. The molecule has 0 aliphatic rings. The average Bonchev–Trinajstić information content (AvgIpc) is 2.42. The zero-order valence-corrected chi connectivity index (χ0v) is 11.9. The first-order valence-electron chi connectivity index (χ1n) is 6.06. The average molecular weight is 274 g/mol. The topological polar surface area (TPSA) is 41.6 Å². The van der Waals surface area contributed by atoms with E-state index in [1.807, 2.05) is 13.8 Å². The first-order chi connectivity index (χ1) is 8.99. The van der Waals surface area contributed by atoms with Crippen molar-refractivity contribution in [2.75, 3.05) is 19.5 Å². The van der Waals surface area contributed by atoms with Crippen LogP contribution in [0.2, 0.25) is 0 Å². The number of hydrogen-bond donors (Lipinski definition) is 1. The maximum absolute atomic E-state index is 13.5. The van der Waals surface area contributed by atoms with Crippen LogP contribution in [0.1, 0.15) is 26.3 Å². The molecule has 1 rings (SSSR count). The van der Waals surface area contributed by atoms with Crippen molar-refractivity contribution < 1.29 is 18.4 Å². The number of benzene rings is 1. The Labute approximate surface area is 112 Å². The van der Waals surface area contributed by atoms with Crippen molar-refractivity contribution in [3.05, 3.63) is 29.3 Å². The molecule has 0 saturated carbocycles. The molecule has 0 atom stereocenters. The number of nitrogens with zero attached hydrogens (tertiary/aromatic N) is 1. The lowest BCUT2D eigenvalue weighted by atomic mass is 10.1. The minimum absolute atomic E-state index is 0.0252. The summed E-state index contributed by atoms with van der Waals surface area (Å²) < 4.78 is 26.5. The SMILES string of the molecule is CC.CCc1cc(F)cc(F)c1NC(=O)N(C)OC. The van der Waals surface area contributed by atoms with Crippen molar-refractivity contribution in [3.8, 4) is 0 Å². The van der Waals surface area contributed by atoms with Gasteiger partial charge in [0.2, 0.25) is 0 Å². The number of carbonyl (C=O) groups is 1. The van der Waals surface area contributed by atoms with Crippen molar-refractivity contribution in [1.82, 2.24) is 5.06 Å². The number of rotatable bonds is 3. The van der Waals surface area contributed by atoms with Gasteiger partial charge >= 0.3 is 6.03 Å². The molecule has 4 nitrogen and oxygen atoms in total. The number of halogens is 2. The molecule has 108 valence electrons. The van der Waals surface area contributed by atoms with Crippen LogP contribution in [-0.2, 0) is 11.3 Å². The smallest absolute Gasteiger partial charge is 0.303 e. The summed E-state index contributed by atoms with van der Waals surface area (Å²) in [6.07, 6.45) is 0.404. The fraction of sp³-hybridized carbons (Fsp3) is 0.462. The first kappa shape index (κ1) is 17.3. The number of hydrogen-bond acceptors (Lipinski definition) is 2. The quantitative estimate of drug-likeness (QED) is 0.856. The molecule has 0 aromatic heterocycles. The molecular formula is C13H20F2N2O2. The molecule has 1 aromatic rings. The monoisotopic (exact) mass is 274 g/mol. The Balaban J connectivity index is 0.00000154. The van der Waals surface area contributed by atoms with E-state index in [4.69, 9.17) is 0 Å². The number of anilines is 1. The van der Waals surface area contributed by atoms with E-state index >= 15 is 0 Å². The normalized spacial score (nSPS) is 9.42. The van der Waals surface area contributed by atoms with Crippen LogP contribution < -0.4 is 5.32 Å². The van der Waals surface area contributed by atoms with Crippen molar-refractivity contribution in [3.63, 3.8) is 0 Å². The Morgan fingerprint density at radius 3 is 2.42 bits per heavy atom. The van der Waals surface area contributed by atoms with Gasteiger partial charge in [0.15, 0.2) is 0 Å². The highest BCUT2D eigenvalue weighted by Gasteiger charge is 2.15. The molecule has 0 unspecified atom stereocenters. The first-order valence-corrected chi connectivity index (χ1v) is 6.06. The Morgan fingerprint density at radius 1 is 1.37 bits per heavy atom. The predicted octanol–water partition coefficient (Wildman–Crippen LogP) is 3.58. The van der Waals surface area contributed by atoms with Crippen molar-refractivity contribution in [2.45, 2.75) is 27.2 Å². The van der Waals surface area contributed by atoms with E-state index in [2.05, 4.69) is 10.2 Å². The number of amides is 2. The molecule has 1 N–H and O–H groups in total. The van der Waals surface area contributed by atoms with Crippen LogP contribution in [0.5, 0.6) is 0 Å². The van der Waals surface area contributed by atoms with E-state index in [1.54, 1.807) is 6.92 Å². The summed E-state index contributed by atoms with van der Waals surface area (Å²) in [5, 5.41) is 3.23. The Bertz CT molecular complexity index is 425. The van der Waals surface area contributed by atoms with Gasteiger partial charge in [0.05, 0.1) is 12.8 Å². The van der Waals surface area contributed by atoms with Crippen molar-refractivity contribution in [1.29, 1.82) is 0 Å². The van der Waals surface area contributed by atoms with Gasteiger partial charge in [-0.1, -0.05) is 20.8 Å². The highest BCUT2D eigenvalue weighted by molar-refractivity contribution is 5.89. The second kappa shape index (κ2) is 8.42. The zero-order valence-electron chi connectivity index (χ0n) is 11.9. The summed E-state index contributed by atoms with van der Waals surface area (Å²) in [5.41, 5.74) is 0.364. The third-order valence-corrected chi connectivity index (χ3v) is 2.31. The Kier molecular flexibility index (Phi) is 7.67. The van der Waals surface area contributed by atoms with Crippen molar-refractivity contribution >= 4 is 11.7 Å². The van der Waals surface area contributed by atoms with Gasteiger partial charge in [0, 0.05) is 13.1 Å². The largest absolute Gasteiger partial charge is 0.345 e. The maximum Gasteiger partial charge on any atom is 0.345 e. The van der Waals surface area contributed by atoms with Crippen molar-refractivity contribution in [2.24, 2.45) is 0 Å². The third kappa shape index (κ3) is 4.82. The fourth-order valence-electron chi connectivity index (χ4n) is 1.31. The van der Waals surface area contributed by atoms with Crippen LogP contribution in [0.4, 0.5) is 19.3 Å². The molecule has 0 aliphatic heterocycles. The molecule has 0 bridgehead atoms. The van der Waals surface area contributed by atoms with E-state index in [1.165, 1.54) is 20.2 Å². The number of aryl methyl sites for hydroxylation is 1. The molecule has 0 saturated heterocycles. The molecule has 0 radical (unpaired) electrons. The highest BCUT2D eigenvalue weighted by atomic mass is 19.1. The molecule has 0 spiro atoms. The standard InChI is InChI=1S/C11H14F2N2O2.C2H6/c1-4-7-5-8(12)6-9(13)10(7)14-11(16)15(2)17-3;1-2/h5-6H,4H2,1-3H3,(H,14,16);1-2H3. The lowest BCUT2D eigenvalue weighted by Gasteiger charge is -2.17. The van der Waals surface area contributed by atoms with Crippen LogP contribution in [-0.4, -0.2) is 25.3 Å². The number of hydroxylamine groups is 2. The number of urea groups is 1. The van der Waals surface area contributed by atoms with Crippen LogP contribution >= 0.6 is 0 Å². The summed E-state index contributed by atoms with van der Waals surface area (Å²) in [5.74, 6) is -1.47. The predicted molar refractivity (Wildman–Crippen MR) is 70.9 cm³/mol. The molecule has 1 aromatic carbocycles. The highest BCUT2D eigenvalue weighted by Crippen LogP contribution is 2.22. The second-order valence-electron chi connectivity index (χ2n) is 3.39. The molecule has 0 fully saturated rings. The molecular weight excluding hydrogens is 254 g/mol. The summed E-state index contributed by atoms with van der Waals surface area (Å²) in [6.45, 7) is 5.74. The van der Waals surface area contributed by atoms with E-state index in [0.717, 1.165) is 11.1 Å². The van der Waals surface area contributed by atoms with Gasteiger partial charge in [-0.15, -0.1) is 0 Å². The maximum atomic E-state index is 13.5. The van der Waals surface area contributed by atoms with Gasteiger partial charge in [-0.2, -0.15) is 0 Å². The molecule has 0 heterocycles. The Morgan fingerprint density at radius 2 is 1.95 bits per heavy atom. The third-order valence-electron chi connectivity index (χ3n) is 2.31. The van der Waals surface area contributed by atoms with Gasteiger partial charge in [-0.05, 0) is 18.1 Å². The summed E-state index contributed by atoms with van der Waals surface area (Å²) in [7, 11) is 2.68. The number of nitrogens with one attached hydrogen (secondary N) is 1. The van der Waals surface area contributed by atoms with Gasteiger partial charge in [0.25, 0.3) is 0 Å². The summed E-state index contributed by atoms with van der Waals surface area (Å²) >= 11 is 0. The van der Waals surface area contributed by atoms with E-state index < -0.39 is 17.7 Å². The minimum Gasteiger partial charge on any atom is -0.303 e. The van der Waals surface area contributed by atoms with Crippen LogP contribution in [0, 0.1) is 11.6 Å². The fourth-order valence-corrected chi connectivity index (χ4v) is 1.31. The van der Waals surface area contributed by atoms with Crippen LogP contribution in [0.15, 0.2) is 12.1 Å². The summed E-state index contributed by atoms with van der Waals surface area (Å²) in [4.78, 5) is 16.1. The second-order valence-corrected chi connectivity index (χ2v) is 3.39. The van der Waals surface area contributed by atoms with Gasteiger partial charge < -0.3 is 5.32 Å². The van der Waals surface area contributed by atoms with Gasteiger partial charge in [-0.25, -0.2) is 18.6 Å². The Hall–Kier alpha value is -1.69. The minimum atomic E-state index is -0.806. The molecule has 19 heavy (non-hydrogen) atoms. The van der Waals surface area contributed by atoms with Crippen LogP contribution in [0.3, 0.4) is 0 Å². The lowest BCUT2D eigenvalue weighted by Crippen LogP contribution is -2.31. The lowest BCUT2D eigenvalue weighted by molar-refractivity contribution is -0.0598. The van der Waals surface area contributed by atoms with E-state index in [-0.39, 0.29) is 5.69 Å². The van der Waals surface area contributed by atoms with Crippen LogP contribution in [0.25, 0.3) is 0 Å². The van der Waals surface area contributed by atoms with Gasteiger partial charge in [-0.3, -0.25) is 4.84 Å².